The van der Waals surface area contributed by atoms with Gasteiger partial charge in [0.05, 0.1) is 12.2 Å². The molecular formula is C26H26O5. The zero-order chi connectivity index (χ0) is 22.1. The maximum atomic E-state index is 12.3. The van der Waals surface area contributed by atoms with Crippen LogP contribution in [0.2, 0.25) is 0 Å². The van der Waals surface area contributed by atoms with Crippen molar-refractivity contribution in [1.82, 2.24) is 0 Å². The summed E-state index contributed by atoms with van der Waals surface area (Å²) in [6.45, 7) is 4.17. The van der Waals surface area contributed by atoms with E-state index < -0.39 is 11.9 Å². The summed E-state index contributed by atoms with van der Waals surface area (Å²) in [7, 11) is 0. The van der Waals surface area contributed by atoms with Crippen molar-refractivity contribution >= 4 is 11.9 Å². The molecule has 0 saturated heterocycles. The Morgan fingerprint density at radius 1 is 0.871 bits per heavy atom. The molecule has 3 aromatic rings. The number of carbonyl (C=O) groups is 2. The molecule has 160 valence electrons. The number of para-hydroxylation sites is 1. The Kier molecular flexibility index (Phi) is 7.82. The summed E-state index contributed by atoms with van der Waals surface area (Å²) in [6.07, 6.45) is 0.635. The Labute approximate surface area is 182 Å². The van der Waals surface area contributed by atoms with E-state index in [1.165, 1.54) is 6.07 Å². The van der Waals surface area contributed by atoms with Crippen molar-refractivity contribution in [3.8, 4) is 11.5 Å². The smallest absolute Gasteiger partial charge is 0.349 e. The maximum Gasteiger partial charge on any atom is 0.349 e. The second-order valence-corrected chi connectivity index (χ2v) is 7.35. The second-order valence-electron chi connectivity index (χ2n) is 7.35. The molecule has 5 nitrogen and oxygen atoms in total. The fraction of sp³-hybridized carbons (Fsp3) is 0.231. The van der Waals surface area contributed by atoms with E-state index in [1.807, 2.05) is 54.6 Å². The largest absolute Gasteiger partial charge is 0.482 e. The summed E-state index contributed by atoms with van der Waals surface area (Å²) in [6, 6.07) is 23.8. The highest BCUT2D eigenvalue weighted by atomic mass is 16.6. The number of ether oxygens (including phenoxy) is 3. The molecular weight excluding hydrogens is 392 g/mol. The zero-order valence-corrected chi connectivity index (χ0v) is 17.7. The number of carbonyl (C=O) groups excluding carboxylic acids is 2. The number of rotatable bonds is 9. The highest BCUT2D eigenvalue weighted by Gasteiger charge is 2.13. The number of hydrogen-bond donors (Lipinski definition) is 0. The van der Waals surface area contributed by atoms with Gasteiger partial charge in [0, 0.05) is 6.42 Å². The first kappa shape index (κ1) is 22.1. The van der Waals surface area contributed by atoms with E-state index in [2.05, 4.69) is 13.8 Å². The van der Waals surface area contributed by atoms with Crippen LogP contribution in [-0.4, -0.2) is 25.2 Å². The van der Waals surface area contributed by atoms with Gasteiger partial charge in [-0.15, -0.1) is 0 Å². The minimum atomic E-state index is -0.548. The lowest BCUT2D eigenvalue weighted by molar-refractivity contribution is -0.136. The van der Waals surface area contributed by atoms with E-state index >= 15 is 0 Å². The Hall–Kier alpha value is -3.60. The molecule has 0 atom stereocenters. The molecule has 0 unspecified atom stereocenters. The van der Waals surface area contributed by atoms with Gasteiger partial charge in [0.1, 0.15) is 11.5 Å². The van der Waals surface area contributed by atoms with Gasteiger partial charge in [-0.2, -0.15) is 0 Å². The summed E-state index contributed by atoms with van der Waals surface area (Å²) in [5.41, 5.74) is 2.44. The lowest BCUT2D eigenvalue weighted by Crippen LogP contribution is -2.18. The first-order valence-electron chi connectivity index (χ1n) is 10.3. The van der Waals surface area contributed by atoms with Crippen LogP contribution < -0.4 is 9.47 Å². The van der Waals surface area contributed by atoms with Crippen molar-refractivity contribution in [2.75, 3.05) is 13.2 Å². The number of esters is 2. The Balaban J connectivity index is 1.51. The van der Waals surface area contributed by atoms with Crippen molar-refractivity contribution in [2.45, 2.75) is 26.2 Å². The summed E-state index contributed by atoms with van der Waals surface area (Å²) in [5.74, 6) is 0.189. The fourth-order valence-corrected chi connectivity index (χ4v) is 3.06. The Bertz CT molecular complexity index is 1010. The van der Waals surface area contributed by atoms with Crippen molar-refractivity contribution in [1.29, 1.82) is 0 Å². The van der Waals surface area contributed by atoms with Crippen LogP contribution in [0, 0.1) is 0 Å². The molecule has 0 radical (unpaired) electrons. The molecule has 0 amide bonds. The van der Waals surface area contributed by atoms with E-state index in [0.717, 1.165) is 11.1 Å². The van der Waals surface area contributed by atoms with E-state index in [9.17, 15) is 9.59 Å². The van der Waals surface area contributed by atoms with Crippen LogP contribution in [0.1, 0.15) is 41.3 Å². The van der Waals surface area contributed by atoms with Crippen LogP contribution in [0.3, 0.4) is 0 Å². The van der Waals surface area contributed by atoms with E-state index in [1.54, 1.807) is 18.2 Å². The van der Waals surface area contributed by atoms with Crippen LogP contribution in [-0.2, 0) is 16.0 Å². The molecule has 0 heterocycles. The average molecular weight is 418 g/mol. The normalized spacial score (nSPS) is 10.5. The summed E-state index contributed by atoms with van der Waals surface area (Å²) in [4.78, 5) is 24.5. The van der Waals surface area contributed by atoms with Crippen LogP contribution in [0.4, 0.5) is 0 Å². The molecule has 0 bridgehead atoms. The molecule has 0 aromatic heterocycles. The van der Waals surface area contributed by atoms with Crippen molar-refractivity contribution in [3.05, 3.63) is 95.6 Å². The Morgan fingerprint density at radius 3 is 2.39 bits per heavy atom. The molecule has 0 saturated carbocycles. The predicted molar refractivity (Wildman–Crippen MR) is 119 cm³/mol. The minimum absolute atomic E-state index is 0.227. The third kappa shape index (κ3) is 6.71. The van der Waals surface area contributed by atoms with Gasteiger partial charge in [-0.25, -0.2) is 9.59 Å². The van der Waals surface area contributed by atoms with Crippen LogP contribution >= 0.6 is 0 Å². The quantitative estimate of drug-likeness (QED) is 0.353. The van der Waals surface area contributed by atoms with Crippen molar-refractivity contribution in [2.24, 2.45) is 0 Å². The molecule has 31 heavy (non-hydrogen) atoms. The van der Waals surface area contributed by atoms with Gasteiger partial charge >= 0.3 is 11.9 Å². The minimum Gasteiger partial charge on any atom is -0.482 e. The maximum absolute atomic E-state index is 12.3. The molecule has 5 heteroatoms. The third-order valence-electron chi connectivity index (χ3n) is 4.65. The molecule has 3 rings (SSSR count). The van der Waals surface area contributed by atoms with E-state index in [4.69, 9.17) is 14.2 Å². The number of benzene rings is 3. The molecule has 0 aliphatic carbocycles. The fourth-order valence-electron chi connectivity index (χ4n) is 3.06. The molecule has 0 aliphatic rings. The van der Waals surface area contributed by atoms with E-state index in [0.29, 0.717) is 17.7 Å². The highest BCUT2D eigenvalue weighted by molar-refractivity contribution is 5.90. The van der Waals surface area contributed by atoms with Gasteiger partial charge in [-0.1, -0.05) is 68.4 Å². The molecule has 3 aromatic carbocycles. The van der Waals surface area contributed by atoms with Crippen molar-refractivity contribution in [3.63, 3.8) is 0 Å². The van der Waals surface area contributed by atoms with Crippen molar-refractivity contribution < 1.29 is 23.8 Å². The van der Waals surface area contributed by atoms with Crippen LogP contribution in [0.5, 0.6) is 11.5 Å². The summed E-state index contributed by atoms with van der Waals surface area (Å²) in [5, 5.41) is 0. The molecule has 0 fully saturated rings. The standard InChI is InChI=1S/C26H26O5/c1-19(2)23-13-6-7-14-24(23)30-18-25(27)31-22-12-8-11-21(17-22)26(28)29-16-15-20-9-4-3-5-10-20/h3-14,17,19H,15-16,18H2,1-2H3. The van der Waals surface area contributed by atoms with Gasteiger partial charge in [0.2, 0.25) is 0 Å². The first-order chi connectivity index (χ1) is 15.0. The Morgan fingerprint density at radius 2 is 1.61 bits per heavy atom. The second kappa shape index (κ2) is 11.0. The lowest BCUT2D eigenvalue weighted by atomic mass is 10.0. The predicted octanol–water partition coefficient (Wildman–Crippen LogP) is 5.19. The number of hydrogen-bond acceptors (Lipinski definition) is 5. The van der Waals surface area contributed by atoms with Gasteiger partial charge in [-0.3, -0.25) is 0 Å². The van der Waals surface area contributed by atoms with Gasteiger partial charge in [0.15, 0.2) is 6.61 Å². The van der Waals surface area contributed by atoms with Crippen LogP contribution in [0.15, 0.2) is 78.9 Å². The highest BCUT2D eigenvalue weighted by Crippen LogP contribution is 2.25. The molecule has 0 spiro atoms. The SMILES string of the molecule is CC(C)c1ccccc1OCC(=O)Oc1cccc(C(=O)OCCc2ccccc2)c1. The monoisotopic (exact) mass is 418 g/mol. The average Bonchev–Trinajstić information content (AvgIpc) is 2.78. The summed E-state index contributed by atoms with van der Waals surface area (Å²) < 4.78 is 16.3. The van der Waals surface area contributed by atoms with Gasteiger partial charge in [0.25, 0.3) is 0 Å². The van der Waals surface area contributed by atoms with Gasteiger partial charge < -0.3 is 14.2 Å². The zero-order valence-electron chi connectivity index (χ0n) is 17.7. The topological polar surface area (TPSA) is 61.8 Å². The van der Waals surface area contributed by atoms with E-state index in [-0.39, 0.29) is 24.9 Å². The van der Waals surface area contributed by atoms with Gasteiger partial charge in [-0.05, 0) is 41.3 Å². The third-order valence-corrected chi connectivity index (χ3v) is 4.65. The van der Waals surface area contributed by atoms with Crippen LogP contribution in [0.25, 0.3) is 0 Å². The molecule has 0 aliphatic heterocycles. The lowest BCUT2D eigenvalue weighted by Gasteiger charge is -2.13. The first-order valence-corrected chi connectivity index (χ1v) is 10.3. The molecule has 0 N–H and O–H groups in total. The summed E-state index contributed by atoms with van der Waals surface area (Å²) >= 11 is 0.